The highest BCUT2D eigenvalue weighted by molar-refractivity contribution is 6.32. The van der Waals surface area contributed by atoms with Crippen LogP contribution in [0.4, 0.5) is 0 Å². The van der Waals surface area contributed by atoms with E-state index in [1.54, 1.807) is 42.5 Å². The number of benzene rings is 3. The van der Waals surface area contributed by atoms with Gasteiger partial charge in [0.25, 0.3) is 0 Å². The minimum atomic E-state index is -0.269. The van der Waals surface area contributed by atoms with Gasteiger partial charge in [0.2, 0.25) is 0 Å². The third kappa shape index (κ3) is 2.83. The largest absolute Gasteiger partial charge is 0.505 e. The number of hydrogen-bond acceptors (Lipinski definition) is 3. The van der Waals surface area contributed by atoms with E-state index in [0.29, 0.717) is 27.2 Å². The van der Waals surface area contributed by atoms with E-state index in [-0.39, 0.29) is 17.1 Å². The Balaban J connectivity index is 2.05. The predicted molar refractivity (Wildman–Crippen MR) is 104 cm³/mol. The van der Waals surface area contributed by atoms with Crippen molar-refractivity contribution in [1.29, 1.82) is 0 Å². The molecule has 0 spiro atoms. The molecule has 0 radical (unpaired) electrons. The van der Waals surface area contributed by atoms with Crippen LogP contribution in [0.3, 0.4) is 0 Å². The van der Waals surface area contributed by atoms with Gasteiger partial charge in [-0.25, -0.2) is 4.98 Å². The highest BCUT2D eigenvalue weighted by Crippen LogP contribution is 2.37. The van der Waals surface area contributed by atoms with Gasteiger partial charge in [-0.2, -0.15) is 0 Å². The zero-order chi connectivity index (χ0) is 18.1. The first-order chi connectivity index (χ1) is 12.6. The van der Waals surface area contributed by atoms with E-state index in [9.17, 15) is 9.90 Å². The van der Waals surface area contributed by atoms with Crippen LogP contribution in [0.1, 0.15) is 15.9 Å². The second-order valence-corrected chi connectivity index (χ2v) is 6.34. The summed E-state index contributed by atoms with van der Waals surface area (Å²) in [5.74, 6) is -0.408. The number of carbonyl (C=O) groups is 1. The van der Waals surface area contributed by atoms with Gasteiger partial charge in [-0.1, -0.05) is 72.3 Å². The van der Waals surface area contributed by atoms with E-state index < -0.39 is 0 Å². The zero-order valence-corrected chi connectivity index (χ0v) is 14.4. The second kappa shape index (κ2) is 6.62. The smallest absolute Gasteiger partial charge is 0.197 e. The number of carbonyl (C=O) groups excluding carboxylic acids is 1. The molecule has 3 aromatic carbocycles. The van der Waals surface area contributed by atoms with Crippen molar-refractivity contribution in [2.75, 3.05) is 0 Å². The number of fused-ring (bicyclic) bond motifs is 1. The van der Waals surface area contributed by atoms with Crippen LogP contribution < -0.4 is 0 Å². The van der Waals surface area contributed by atoms with Crippen LogP contribution in [-0.4, -0.2) is 15.9 Å². The minimum Gasteiger partial charge on any atom is -0.505 e. The van der Waals surface area contributed by atoms with Crippen molar-refractivity contribution in [2.45, 2.75) is 0 Å². The Morgan fingerprint density at radius 1 is 0.885 bits per heavy atom. The molecule has 4 heteroatoms. The number of nitrogens with zero attached hydrogens (tertiary/aromatic N) is 1. The number of aromatic nitrogens is 1. The Morgan fingerprint density at radius 3 is 2.23 bits per heavy atom. The standard InChI is InChI=1S/C22H14ClNO2/c23-16-11-12-18-17(13-16)19(21(25)15-9-5-2-6-10-15)22(26)20(24-18)14-7-3-1-4-8-14/h1-13,26H. The Kier molecular flexibility index (Phi) is 4.15. The fourth-order valence-electron chi connectivity index (χ4n) is 2.99. The van der Waals surface area contributed by atoms with Crippen LogP contribution >= 0.6 is 11.6 Å². The molecule has 1 N–H and O–H groups in total. The van der Waals surface area contributed by atoms with Gasteiger partial charge in [-0.15, -0.1) is 0 Å². The Labute approximate surface area is 155 Å². The quantitative estimate of drug-likeness (QED) is 0.492. The molecule has 0 fully saturated rings. The molecule has 0 atom stereocenters. The highest BCUT2D eigenvalue weighted by Gasteiger charge is 2.22. The zero-order valence-electron chi connectivity index (χ0n) is 13.7. The lowest BCUT2D eigenvalue weighted by molar-refractivity contribution is 0.103. The number of rotatable bonds is 3. The van der Waals surface area contributed by atoms with Gasteiger partial charge in [0, 0.05) is 21.5 Å². The van der Waals surface area contributed by atoms with E-state index in [0.717, 1.165) is 5.56 Å². The average molecular weight is 360 g/mol. The summed E-state index contributed by atoms with van der Waals surface area (Å²) in [5.41, 5.74) is 2.42. The molecule has 0 unspecified atom stereocenters. The summed E-state index contributed by atoms with van der Waals surface area (Å²) in [6.45, 7) is 0. The van der Waals surface area contributed by atoms with E-state index >= 15 is 0 Å². The van der Waals surface area contributed by atoms with Crippen LogP contribution in [-0.2, 0) is 0 Å². The summed E-state index contributed by atoms with van der Waals surface area (Å²) >= 11 is 6.13. The minimum absolute atomic E-state index is 0.139. The average Bonchev–Trinajstić information content (AvgIpc) is 2.68. The summed E-state index contributed by atoms with van der Waals surface area (Å²) in [6, 6.07) is 23.3. The molecule has 4 rings (SSSR count). The summed E-state index contributed by atoms with van der Waals surface area (Å²) in [7, 11) is 0. The van der Waals surface area contributed by atoms with Gasteiger partial charge >= 0.3 is 0 Å². The van der Waals surface area contributed by atoms with Gasteiger partial charge in [0.15, 0.2) is 11.5 Å². The van der Waals surface area contributed by atoms with Crippen molar-refractivity contribution < 1.29 is 9.90 Å². The van der Waals surface area contributed by atoms with Gasteiger partial charge in [0.05, 0.1) is 11.1 Å². The number of hydrogen-bond donors (Lipinski definition) is 1. The van der Waals surface area contributed by atoms with E-state index in [4.69, 9.17) is 11.6 Å². The van der Waals surface area contributed by atoms with Gasteiger partial charge in [-0.3, -0.25) is 4.79 Å². The van der Waals surface area contributed by atoms with Crippen molar-refractivity contribution in [3.8, 4) is 17.0 Å². The highest BCUT2D eigenvalue weighted by atomic mass is 35.5. The number of halogens is 1. The van der Waals surface area contributed by atoms with Crippen molar-refractivity contribution in [1.82, 2.24) is 4.98 Å². The maximum absolute atomic E-state index is 13.1. The normalized spacial score (nSPS) is 10.8. The molecule has 0 aliphatic carbocycles. The molecular formula is C22H14ClNO2. The number of ketones is 1. The lowest BCUT2D eigenvalue weighted by Gasteiger charge is -2.13. The molecule has 26 heavy (non-hydrogen) atoms. The Morgan fingerprint density at radius 2 is 1.54 bits per heavy atom. The van der Waals surface area contributed by atoms with Crippen LogP contribution in [0.15, 0.2) is 78.9 Å². The van der Waals surface area contributed by atoms with E-state index in [2.05, 4.69) is 4.98 Å². The first-order valence-electron chi connectivity index (χ1n) is 8.12. The molecular weight excluding hydrogens is 346 g/mol. The van der Waals surface area contributed by atoms with E-state index in [1.165, 1.54) is 0 Å². The predicted octanol–water partition coefficient (Wildman–Crippen LogP) is 5.49. The van der Waals surface area contributed by atoms with Crippen molar-refractivity contribution in [3.05, 3.63) is 95.0 Å². The van der Waals surface area contributed by atoms with Gasteiger partial charge in [0.1, 0.15) is 5.69 Å². The molecule has 4 aromatic rings. The summed E-state index contributed by atoms with van der Waals surface area (Å²) in [6.07, 6.45) is 0. The fourth-order valence-corrected chi connectivity index (χ4v) is 3.16. The summed E-state index contributed by atoms with van der Waals surface area (Å²) in [5, 5.41) is 11.9. The summed E-state index contributed by atoms with van der Waals surface area (Å²) < 4.78 is 0. The molecule has 3 nitrogen and oxygen atoms in total. The maximum Gasteiger partial charge on any atom is 0.197 e. The maximum atomic E-state index is 13.1. The van der Waals surface area contributed by atoms with Crippen LogP contribution in [0.2, 0.25) is 5.02 Å². The molecule has 1 aromatic heterocycles. The Hall–Kier alpha value is -3.17. The molecule has 0 bridgehead atoms. The molecule has 0 aliphatic rings. The molecule has 0 saturated carbocycles. The molecule has 0 aliphatic heterocycles. The van der Waals surface area contributed by atoms with Gasteiger partial charge in [-0.05, 0) is 18.2 Å². The number of aromatic hydroxyl groups is 1. The van der Waals surface area contributed by atoms with Crippen molar-refractivity contribution in [2.24, 2.45) is 0 Å². The SMILES string of the molecule is O=C(c1ccccc1)c1c(O)c(-c2ccccc2)nc2ccc(Cl)cc12. The first kappa shape index (κ1) is 16.3. The fraction of sp³-hybridized carbons (Fsp3) is 0. The molecule has 0 saturated heterocycles. The lowest BCUT2D eigenvalue weighted by atomic mass is 9.96. The first-order valence-corrected chi connectivity index (χ1v) is 8.50. The summed E-state index contributed by atoms with van der Waals surface area (Å²) in [4.78, 5) is 17.7. The third-order valence-corrected chi connectivity index (χ3v) is 4.47. The molecule has 126 valence electrons. The van der Waals surface area contributed by atoms with Crippen LogP contribution in [0.5, 0.6) is 5.75 Å². The Bertz CT molecular complexity index is 1110. The van der Waals surface area contributed by atoms with Crippen LogP contribution in [0, 0.1) is 0 Å². The second-order valence-electron chi connectivity index (χ2n) is 5.91. The van der Waals surface area contributed by atoms with Gasteiger partial charge < -0.3 is 5.11 Å². The lowest BCUT2D eigenvalue weighted by Crippen LogP contribution is -2.05. The van der Waals surface area contributed by atoms with Crippen molar-refractivity contribution in [3.63, 3.8) is 0 Å². The molecule has 0 amide bonds. The van der Waals surface area contributed by atoms with Crippen molar-refractivity contribution >= 4 is 28.3 Å². The monoisotopic (exact) mass is 359 g/mol. The number of pyridine rings is 1. The molecule has 1 heterocycles. The third-order valence-electron chi connectivity index (χ3n) is 4.23. The van der Waals surface area contributed by atoms with Crippen LogP contribution in [0.25, 0.3) is 22.2 Å². The topological polar surface area (TPSA) is 50.2 Å². The van der Waals surface area contributed by atoms with E-state index in [1.807, 2.05) is 36.4 Å².